The Bertz CT molecular complexity index is 726. The molecule has 2 rings (SSSR count). The zero-order valence-corrected chi connectivity index (χ0v) is 18.7. The van der Waals surface area contributed by atoms with Gasteiger partial charge in [-0.25, -0.2) is 0 Å². The molecule has 0 aliphatic heterocycles. The van der Waals surface area contributed by atoms with Crippen LogP contribution >= 0.6 is 0 Å². The quantitative estimate of drug-likeness (QED) is 0.394. The number of fused-ring (bicyclic) bond motifs is 1. The van der Waals surface area contributed by atoms with Crippen molar-refractivity contribution in [2.75, 3.05) is 0 Å². The Morgan fingerprint density at radius 3 is 2.22 bits per heavy atom. The number of aliphatic hydroxyl groups is 2. The first-order valence-corrected chi connectivity index (χ1v) is 11.0. The molecule has 0 radical (unpaired) electrons. The third kappa shape index (κ3) is 5.61. The maximum Gasteiger partial charge on any atom is 0.438 e. The fourth-order valence-electron chi connectivity index (χ4n) is 5.60. The zero-order chi connectivity index (χ0) is 24.6. The van der Waals surface area contributed by atoms with E-state index in [2.05, 4.69) is 0 Å². The van der Waals surface area contributed by atoms with E-state index in [-0.39, 0.29) is 35.4 Å². The third-order valence-electron chi connectivity index (χ3n) is 7.32. The average Bonchev–Trinajstić information content (AvgIpc) is 2.95. The van der Waals surface area contributed by atoms with Crippen molar-refractivity contribution < 1.29 is 41.4 Å². The van der Waals surface area contributed by atoms with Crippen molar-refractivity contribution in [3.05, 3.63) is 0 Å². The number of ketones is 1. The molecule has 0 aromatic heterocycles. The zero-order valence-electron chi connectivity index (χ0n) is 18.7. The summed E-state index contributed by atoms with van der Waals surface area (Å²) in [5, 5.41) is 19.3. The Morgan fingerprint density at radius 2 is 1.69 bits per heavy atom. The second-order valence-electron chi connectivity index (χ2n) is 10.2. The van der Waals surface area contributed by atoms with Crippen molar-refractivity contribution in [1.82, 2.24) is 0 Å². The van der Waals surface area contributed by atoms with Crippen LogP contribution in [0.2, 0.25) is 0 Å². The molecule has 32 heavy (non-hydrogen) atoms. The number of carbonyl (C=O) groups is 1. The van der Waals surface area contributed by atoms with Crippen molar-refractivity contribution in [3.63, 3.8) is 0 Å². The van der Waals surface area contributed by atoms with E-state index in [4.69, 9.17) is 0 Å². The average molecular weight is 470 g/mol. The van der Waals surface area contributed by atoms with E-state index < -0.39 is 23.6 Å². The van der Waals surface area contributed by atoms with E-state index in [0.717, 1.165) is 12.3 Å². The van der Waals surface area contributed by atoms with Crippen LogP contribution in [0.3, 0.4) is 0 Å². The molecular formula is C23H32F6O3. The minimum atomic E-state index is -5.98. The van der Waals surface area contributed by atoms with Crippen molar-refractivity contribution in [1.29, 1.82) is 0 Å². The van der Waals surface area contributed by atoms with Crippen LogP contribution in [0.4, 0.5) is 26.3 Å². The van der Waals surface area contributed by atoms with Crippen LogP contribution in [0.1, 0.15) is 78.6 Å². The standard InChI is InChI=1S/C23H32F6O3/c1-19(2,31)12-4-7-15(8-5-14-21(32,22(24,25)26)23(27,28)29)16-10-11-17-18(30)9-6-13-20(16,17)3/h15-17,31-32H,4,6-13H2,1-3H3/t15-,16?,17?,20+/m0/s1. The molecule has 2 aliphatic carbocycles. The Balaban J connectivity index is 2.29. The van der Waals surface area contributed by atoms with Crippen molar-refractivity contribution >= 4 is 5.78 Å². The van der Waals surface area contributed by atoms with Crippen molar-refractivity contribution in [2.24, 2.45) is 23.2 Å². The van der Waals surface area contributed by atoms with Gasteiger partial charge in [0.2, 0.25) is 0 Å². The van der Waals surface area contributed by atoms with E-state index >= 15 is 0 Å². The molecule has 0 spiro atoms. The molecule has 3 nitrogen and oxygen atoms in total. The smallest absolute Gasteiger partial charge is 0.390 e. The maximum atomic E-state index is 12.9. The lowest BCUT2D eigenvalue weighted by molar-refractivity contribution is -0.343. The summed E-state index contributed by atoms with van der Waals surface area (Å²) in [6, 6.07) is 0. The van der Waals surface area contributed by atoms with Crippen molar-refractivity contribution in [3.8, 4) is 11.8 Å². The topological polar surface area (TPSA) is 57.5 Å². The number of hydrogen-bond donors (Lipinski definition) is 2. The molecule has 2 aliphatic rings. The normalized spacial score (nSPS) is 28.2. The van der Waals surface area contributed by atoms with Crippen LogP contribution in [0, 0.1) is 35.0 Å². The van der Waals surface area contributed by atoms with E-state index in [0.29, 0.717) is 44.9 Å². The highest BCUT2D eigenvalue weighted by molar-refractivity contribution is 5.83. The number of rotatable bonds is 6. The van der Waals surface area contributed by atoms with Gasteiger partial charge < -0.3 is 10.2 Å². The van der Waals surface area contributed by atoms with Gasteiger partial charge in [0.25, 0.3) is 0 Å². The summed E-state index contributed by atoms with van der Waals surface area (Å²) in [6.07, 6.45) is -7.51. The van der Waals surface area contributed by atoms with Crippen LogP contribution in [0.25, 0.3) is 0 Å². The predicted octanol–water partition coefficient (Wildman–Crippen LogP) is 5.58. The van der Waals surface area contributed by atoms with Gasteiger partial charge in [-0.2, -0.15) is 26.3 Å². The molecule has 9 heteroatoms. The molecule has 2 N–H and O–H groups in total. The van der Waals surface area contributed by atoms with Crippen LogP contribution < -0.4 is 0 Å². The first kappa shape index (κ1) is 27.0. The summed E-state index contributed by atoms with van der Waals surface area (Å²) in [5.41, 5.74) is -6.40. The fourth-order valence-corrected chi connectivity index (χ4v) is 5.60. The second-order valence-corrected chi connectivity index (χ2v) is 10.2. The largest absolute Gasteiger partial charge is 0.438 e. The van der Waals surface area contributed by atoms with E-state index in [1.54, 1.807) is 13.8 Å². The van der Waals surface area contributed by atoms with Gasteiger partial charge >= 0.3 is 18.0 Å². The highest BCUT2D eigenvalue weighted by atomic mass is 19.4. The monoisotopic (exact) mass is 470 g/mol. The molecule has 2 fully saturated rings. The molecule has 2 unspecified atom stereocenters. The molecule has 0 aromatic rings. The van der Waals surface area contributed by atoms with Crippen molar-refractivity contribution in [2.45, 2.75) is 102 Å². The van der Waals surface area contributed by atoms with Gasteiger partial charge in [-0.05, 0) is 75.5 Å². The fraction of sp³-hybridized carbons (Fsp3) is 0.870. The highest BCUT2D eigenvalue weighted by Gasteiger charge is 2.70. The highest BCUT2D eigenvalue weighted by Crippen LogP contribution is 2.57. The van der Waals surface area contributed by atoms with E-state index in [1.807, 2.05) is 12.8 Å². The molecule has 4 atom stereocenters. The minimum Gasteiger partial charge on any atom is -0.390 e. The SMILES string of the molecule is CC(C)(O)CCC[C@@H](CC#CC(O)(C(F)(F)F)C(F)(F)F)C1CCC2C(=O)CCC[C@@]21C. The summed E-state index contributed by atoms with van der Waals surface area (Å²) < 4.78 is 77.7. The molecule has 0 amide bonds. The van der Waals surface area contributed by atoms with Crippen LogP contribution in [-0.2, 0) is 4.79 Å². The molecule has 0 saturated heterocycles. The van der Waals surface area contributed by atoms with Gasteiger partial charge in [0, 0.05) is 18.8 Å². The number of halogens is 6. The van der Waals surface area contributed by atoms with Gasteiger partial charge in [0.1, 0.15) is 5.78 Å². The first-order chi connectivity index (χ1) is 14.4. The Hall–Kier alpha value is -1.27. The van der Waals surface area contributed by atoms with Gasteiger partial charge in [0.05, 0.1) is 5.60 Å². The minimum absolute atomic E-state index is 0.0716. The van der Waals surface area contributed by atoms with Gasteiger partial charge in [0.15, 0.2) is 0 Å². The Kier molecular flexibility index (Phi) is 7.73. The molecule has 0 bridgehead atoms. The lowest BCUT2D eigenvalue weighted by Gasteiger charge is -2.43. The van der Waals surface area contributed by atoms with Crippen LogP contribution in [-0.4, -0.2) is 39.6 Å². The molecule has 0 heterocycles. The van der Waals surface area contributed by atoms with E-state index in [1.165, 1.54) is 0 Å². The molecule has 184 valence electrons. The number of Topliss-reactive ketones (excluding diaryl/α,β-unsaturated/α-hetero) is 1. The molecule has 0 aromatic carbocycles. The van der Waals surface area contributed by atoms with Gasteiger partial charge in [-0.15, -0.1) is 0 Å². The predicted molar refractivity (Wildman–Crippen MR) is 106 cm³/mol. The summed E-state index contributed by atoms with van der Waals surface area (Å²) in [7, 11) is 0. The lowest BCUT2D eigenvalue weighted by Crippen LogP contribution is -2.55. The Labute approximate surface area is 184 Å². The summed E-state index contributed by atoms with van der Waals surface area (Å²) in [5.74, 6) is 2.69. The van der Waals surface area contributed by atoms with Gasteiger partial charge in [-0.1, -0.05) is 19.3 Å². The van der Waals surface area contributed by atoms with Crippen LogP contribution in [0.15, 0.2) is 0 Å². The molecule has 2 saturated carbocycles. The second kappa shape index (κ2) is 9.17. The molecular weight excluding hydrogens is 438 g/mol. The van der Waals surface area contributed by atoms with E-state index in [9.17, 15) is 41.4 Å². The summed E-state index contributed by atoms with van der Waals surface area (Å²) >= 11 is 0. The Morgan fingerprint density at radius 1 is 1.09 bits per heavy atom. The summed E-state index contributed by atoms with van der Waals surface area (Å²) in [4.78, 5) is 12.4. The first-order valence-electron chi connectivity index (χ1n) is 11.0. The van der Waals surface area contributed by atoms with Gasteiger partial charge in [-0.3, -0.25) is 4.79 Å². The maximum absolute atomic E-state index is 12.9. The third-order valence-corrected chi connectivity index (χ3v) is 7.32. The number of alkyl halides is 6. The number of hydrogen-bond acceptors (Lipinski definition) is 3. The lowest BCUT2D eigenvalue weighted by atomic mass is 9.61. The van der Waals surface area contributed by atoms with Crippen LogP contribution in [0.5, 0.6) is 0 Å². The summed E-state index contributed by atoms with van der Waals surface area (Å²) in [6.45, 7) is 5.24. The number of carbonyl (C=O) groups excluding carboxylic acids is 1.